The lowest BCUT2D eigenvalue weighted by atomic mass is 10.2. The van der Waals surface area contributed by atoms with Crippen molar-refractivity contribution in [3.8, 4) is 11.3 Å². The lowest BCUT2D eigenvalue weighted by Gasteiger charge is -2.22. The van der Waals surface area contributed by atoms with Crippen molar-refractivity contribution in [3.05, 3.63) is 40.4 Å². The van der Waals surface area contributed by atoms with Crippen molar-refractivity contribution >= 4 is 22.2 Å². The molecule has 1 saturated heterocycles. The number of aromatic nitrogens is 4. The van der Waals surface area contributed by atoms with Gasteiger partial charge in [-0.3, -0.25) is 9.20 Å². The standard InChI is InChI=1S/C15H15N5O2S/c21-9-10-2-1-5-19(10)14-16-4-3-12(18-14)11-8-17-15-20(13(11)22)6-7-23-15/h3-4,6-8,10,21H,1-2,5,9H2/t10-/m0/s1. The van der Waals surface area contributed by atoms with Crippen LogP contribution >= 0.6 is 11.3 Å². The molecule has 1 fully saturated rings. The number of hydrogen-bond donors (Lipinski definition) is 1. The predicted molar refractivity (Wildman–Crippen MR) is 87.8 cm³/mol. The second kappa shape index (κ2) is 5.71. The van der Waals surface area contributed by atoms with Crippen molar-refractivity contribution in [2.24, 2.45) is 0 Å². The molecule has 1 aliphatic rings. The lowest BCUT2D eigenvalue weighted by molar-refractivity contribution is 0.265. The van der Waals surface area contributed by atoms with E-state index in [4.69, 9.17) is 0 Å². The molecule has 3 aromatic heterocycles. The molecule has 3 aromatic rings. The van der Waals surface area contributed by atoms with Gasteiger partial charge in [0.25, 0.3) is 5.56 Å². The Morgan fingerprint density at radius 1 is 1.39 bits per heavy atom. The number of aliphatic hydroxyl groups excluding tert-OH is 1. The Labute approximate surface area is 135 Å². The van der Waals surface area contributed by atoms with Crippen molar-refractivity contribution < 1.29 is 5.11 Å². The van der Waals surface area contributed by atoms with Crippen LogP contribution in [0, 0.1) is 0 Å². The molecule has 0 radical (unpaired) electrons. The second-order valence-electron chi connectivity index (χ2n) is 5.45. The summed E-state index contributed by atoms with van der Waals surface area (Å²) >= 11 is 1.42. The van der Waals surface area contributed by atoms with Gasteiger partial charge in [0.2, 0.25) is 5.95 Å². The average molecular weight is 329 g/mol. The molecule has 4 heterocycles. The fourth-order valence-corrected chi connectivity index (χ4v) is 3.60. The Balaban J connectivity index is 1.78. The first-order chi connectivity index (χ1) is 11.3. The molecule has 0 spiro atoms. The third-order valence-corrected chi connectivity index (χ3v) is 4.88. The van der Waals surface area contributed by atoms with E-state index < -0.39 is 0 Å². The highest BCUT2D eigenvalue weighted by molar-refractivity contribution is 7.15. The van der Waals surface area contributed by atoms with E-state index in [2.05, 4.69) is 15.0 Å². The molecule has 0 unspecified atom stereocenters. The summed E-state index contributed by atoms with van der Waals surface area (Å²) < 4.78 is 1.52. The zero-order chi connectivity index (χ0) is 15.8. The fraction of sp³-hybridized carbons (Fsp3) is 0.333. The normalized spacial score (nSPS) is 18.0. The van der Waals surface area contributed by atoms with Crippen LogP contribution in [0.25, 0.3) is 16.2 Å². The maximum atomic E-state index is 12.6. The minimum absolute atomic E-state index is 0.0452. The molecule has 0 aromatic carbocycles. The summed E-state index contributed by atoms with van der Waals surface area (Å²) in [5.41, 5.74) is 0.863. The monoisotopic (exact) mass is 329 g/mol. The minimum atomic E-state index is -0.138. The van der Waals surface area contributed by atoms with Crippen LogP contribution in [0.2, 0.25) is 0 Å². The molecule has 1 aliphatic heterocycles. The summed E-state index contributed by atoms with van der Waals surface area (Å²) in [6.07, 6.45) is 6.85. The number of rotatable bonds is 3. The lowest BCUT2D eigenvalue weighted by Crippen LogP contribution is -2.33. The van der Waals surface area contributed by atoms with Crippen LogP contribution in [0.15, 0.2) is 34.8 Å². The summed E-state index contributed by atoms with van der Waals surface area (Å²) in [6.45, 7) is 0.897. The van der Waals surface area contributed by atoms with E-state index in [1.165, 1.54) is 15.7 Å². The van der Waals surface area contributed by atoms with E-state index in [9.17, 15) is 9.90 Å². The number of nitrogens with zero attached hydrogens (tertiary/aromatic N) is 5. The molecule has 1 atom stereocenters. The number of fused-ring (bicyclic) bond motifs is 1. The summed E-state index contributed by atoms with van der Waals surface area (Å²) in [4.78, 5) is 28.4. The Morgan fingerprint density at radius 3 is 3.17 bits per heavy atom. The fourth-order valence-electron chi connectivity index (χ4n) is 2.93. The van der Waals surface area contributed by atoms with Crippen LogP contribution in [0.5, 0.6) is 0 Å². The number of anilines is 1. The highest BCUT2D eigenvalue weighted by Gasteiger charge is 2.26. The first-order valence-electron chi connectivity index (χ1n) is 7.43. The van der Waals surface area contributed by atoms with Gasteiger partial charge in [-0.25, -0.2) is 15.0 Å². The maximum Gasteiger partial charge on any atom is 0.267 e. The van der Waals surface area contributed by atoms with Gasteiger partial charge < -0.3 is 10.0 Å². The Hall–Kier alpha value is -2.32. The van der Waals surface area contributed by atoms with Crippen LogP contribution in [-0.4, -0.2) is 43.7 Å². The summed E-state index contributed by atoms with van der Waals surface area (Å²) in [7, 11) is 0. The minimum Gasteiger partial charge on any atom is -0.394 e. The molecule has 4 rings (SSSR count). The largest absolute Gasteiger partial charge is 0.394 e. The van der Waals surface area contributed by atoms with Crippen molar-refractivity contribution in [2.75, 3.05) is 18.1 Å². The SMILES string of the molecule is O=c1c(-c2ccnc(N3CCC[C@H]3CO)n2)cnc2sccn12. The van der Waals surface area contributed by atoms with Gasteiger partial charge in [0.05, 0.1) is 23.9 Å². The smallest absolute Gasteiger partial charge is 0.267 e. The van der Waals surface area contributed by atoms with Crippen molar-refractivity contribution in [1.82, 2.24) is 19.4 Å². The van der Waals surface area contributed by atoms with Gasteiger partial charge in [-0.15, -0.1) is 11.3 Å². The highest BCUT2D eigenvalue weighted by atomic mass is 32.1. The number of aliphatic hydroxyl groups is 1. The molecule has 8 heteroatoms. The molecule has 1 N–H and O–H groups in total. The summed E-state index contributed by atoms with van der Waals surface area (Å²) in [5.74, 6) is 0.550. The molecular formula is C15H15N5O2S. The quantitative estimate of drug-likeness (QED) is 0.777. The zero-order valence-corrected chi connectivity index (χ0v) is 13.1. The topological polar surface area (TPSA) is 83.6 Å². The van der Waals surface area contributed by atoms with E-state index in [0.717, 1.165) is 19.4 Å². The Morgan fingerprint density at radius 2 is 2.30 bits per heavy atom. The third-order valence-electron chi connectivity index (χ3n) is 4.11. The van der Waals surface area contributed by atoms with Gasteiger partial charge in [-0.1, -0.05) is 0 Å². The van der Waals surface area contributed by atoms with Crippen LogP contribution in [-0.2, 0) is 0 Å². The van der Waals surface area contributed by atoms with Crippen molar-refractivity contribution in [3.63, 3.8) is 0 Å². The average Bonchev–Trinajstić information content (AvgIpc) is 3.24. The van der Waals surface area contributed by atoms with E-state index >= 15 is 0 Å². The van der Waals surface area contributed by atoms with Gasteiger partial charge in [0.1, 0.15) is 0 Å². The van der Waals surface area contributed by atoms with Crippen LogP contribution in [0.1, 0.15) is 12.8 Å². The van der Waals surface area contributed by atoms with E-state index in [1.54, 1.807) is 24.7 Å². The van der Waals surface area contributed by atoms with E-state index in [0.29, 0.717) is 22.2 Å². The molecule has 0 bridgehead atoms. The highest BCUT2D eigenvalue weighted by Crippen LogP contribution is 2.23. The van der Waals surface area contributed by atoms with Crippen LogP contribution in [0.3, 0.4) is 0 Å². The molecule has 0 amide bonds. The van der Waals surface area contributed by atoms with Crippen molar-refractivity contribution in [1.29, 1.82) is 0 Å². The Bertz CT molecular complexity index is 906. The van der Waals surface area contributed by atoms with Crippen molar-refractivity contribution in [2.45, 2.75) is 18.9 Å². The number of thiazole rings is 1. The third kappa shape index (κ3) is 2.40. The predicted octanol–water partition coefficient (Wildman–Crippen LogP) is 1.17. The summed E-state index contributed by atoms with van der Waals surface area (Å²) in [5, 5.41) is 11.3. The van der Waals surface area contributed by atoms with Gasteiger partial charge in [-0.05, 0) is 18.9 Å². The molecule has 0 saturated carbocycles. The van der Waals surface area contributed by atoms with E-state index in [1.807, 2.05) is 10.3 Å². The van der Waals surface area contributed by atoms with E-state index in [-0.39, 0.29) is 18.2 Å². The second-order valence-corrected chi connectivity index (χ2v) is 6.32. The van der Waals surface area contributed by atoms with Gasteiger partial charge in [0, 0.05) is 30.5 Å². The zero-order valence-electron chi connectivity index (χ0n) is 12.3. The first kappa shape index (κ1) is 14.3. The molecule has 0 aliphatic carbocycles. The molecule has 23 heavy (non-hydrogen) atoms. The summed E-state index contributed by atoms with van der Waals surface area (Å²) in [6, 6.07) is 1.76. The molecular weight excluding hydrogens is 314 g/mol. The van der Waals surface area contributed by atoms with Gasteiger partial charge >= 0.3 is 0 Å². The molecule has 7 nitrogen and oxygen atoms in total. The molecule has 118 valence electrons. The maximum absolute atomic E-state index is 12.6. The van der Waals surface area contributed by atoms with Crippen LogP contribution < -0.4 is 10.5 Å². The van der Waals surface area contributed by atoms with Gasteiger partial charge in [0.15, 0.2) is 4.96 Å². The number of hydrogen-bond acceptors (Lipinski definition) is 7. The first-order valence-corrected chi connectivity index (χ1v) is 8.31. The van der Waals surface area contributed by atoms with Gasteiger partial charge in [-0.2, -0.15) is 0 Å². The van der Waals surface area contributed by atoms with Crippen LogP contribution in [0.4, 0.5) is 5.95 Å². The Kier molecular flexibility index (Phi) is 3.55.